The molecule has 1 rings (SSSR count). The van der Waals surface area contributed by atoms with E-state index in [1.54, 1.807) is 6.33 Å². The van der Waals surface area contributed by atoms with E-state index in [1.807, 2.05) is 4.57 Å². The number of aliphatic carboxylic acids is 1. The fourth-order valence-electron chi connectivity index (χ4n) is 1.39. The quantitative estimate of drug-likeness (QED) is 0.753. The Bertz CT molecular complexity index is 323. The number of carboxylic acid groups (broad SMARTS) is 1. The lowest BCUT2D eigenvalue weighted by Gasteiger charge is -2.15. The molecule has 1 N–H and O–H groups in total. The minimum absolute atomic E-state index is 0.0266. The Balaban J connectivity index is 2.71. The maximum absolute atomic E-state index is 10.4. The van der Waals surface area contributed by atoms with Crippen molar-refractivity contribution in [2.75, 3.05) is 5.75 Å². The van der Waals surface area contributed by atoms with Gasteiger partial charge in [0.2, 0.25) is 0 Å². The number of hydrogen-bond donors (Lipinski definition) is 1. The van der Waals surface area contributed by atoms with Gasteiger partial charge in [0.25, 0.3) is 0 Å². The van der Waals surface area contributed by atoms with Crippen LogP contribution in [0.25, 0.3) is 0 Å². The zero-order chi connectivity index (χ0) is 11.3. The molecule has 1 heterocycles. The Labute approximate surface area is 92.9 Å². The molecule has 1 aromatic rings. The number of rotatable bonds is 6. The second-order valence-electron chi connectivity index (χ2n) is 3.17. The summed E-state index contributed by atoms with van der Waals surface area (Å²) in [5.41, 5.74) is 0. The third-order valence-corrected chi connectivity index (χ3v) is 3.14. The highest BCUT2D eigenvalue weighted by Crippen LogP contribution is 2.22. The molecule has 0 radical (unpaired) electrons. The van der Waals surface area contributed by atoms with E-state index in [4.69, 9.17) is 5.11 Å². The Morgan fingerprint density at radius 3 is 2.80 bits per heavy atom. The predicted molar refractivity (Wildman–Crippen MR) is 58.0 cm³/mol. The molecule has 0 aliphatic heterocycles. The largest absolute Gasteiger partial charge is 0.481 e. The van der Waals surface area contributed by atoms with Gasteiger partial charge in [-0.3, -0.25) is 4.79 Å². The molecule has 84 valence electrons. The molecular formula is C9H15N3O2S. The maximum Gasteiger partial charge on any atom is 0.313 e. The minimum Gasteiger partial charge on any atom is -0.481 e. The molecule has 0 atom stereocenters. The number of carbonyl (C=O) groups is 1. The van der Waals surface area contributed by atoms with E-state index in [0.29, 0.717) is 11.2 Å². The van der Waals surface area contributed by atoms with E-state index in [-0.39, 0.29) is 5.75 Å². The Hall–Kier alpha value is -1.04. The lowest BCUT2D eigenvalue weighted by atomic mass is 10.2. The summed E-state index contributed by atoms with van der Waals surface area (Å²) >= 11 is 1.21. The number of carboxylic acids is 1. The molecule has 0 bridgehead atoms. The van der Waals surface area contributed by atoms with Gasteiger partial charge in [-0.2, -0.15) is 0 Å². The monoisotopic (exact) mass is 229 g/mol. The van der Waals surface area contributed by atoms with Crippen molar-refractivity contribution in [3.8, 4) is 0 Å². The number of aromatic nitrogens is 3. The topological polar surface area (TPSA) is 68.0 Å². The molecule has 0 aliphatic rings. The van der Waals surface area contributed by atoms with Crippen LogP contribution >= 0.6 is 11.8 Å². The highest BCUT2D eigenvalue weighted by molar-refractivity contribution is 7.99. The fraction of sp³-hybridized carbons (Fsp3) is 0.667. The van der Waals surface area contributed by atoms with Crippen molar-refractivity contribution >= 4 is 17.7 Å². The van der Waals surface area contributed by atoms with Crippen LogP contribution < -0.4 is 0 Å². The van der Waals surface area contributed by atoms with Gasteiger partial charge in [-0.1, -0.05) is 25.6 Å². The van der Waals surface area contributed by atoms with E-state index < -0.39 is 5.97 Å². The molecule has 6 heteroatoms. The molecule has 5 nitrogen and oxygen atoms in total. The predicted octanol–water partition coefficient (Wildman–Crippen LogP) is 1.82. The van der Waals surface area contributed by atoms with Gasteiger partial charge in [0, 0.05) is 6.04 Å². The van der Waals surface area contributed by atoms with Gasteiger partial charge >= 0.3 is 5.97 Å². The summed E-state index contributed by atoms with van der Waals surface area (Å²) in [7, 11) is 0. The molecule has 0 unspecified atom stereocenters. The molecule has 0 fully saturated rings. The van der Waals surface area contributed by atoms with Gasteiger partial charge in [-0.25, -0.2) is 0 Å². The third kappa shape index (κ3) is 3.23. The summed E-state index contributed by atoms with van der Waals surface area (Å²) in [6.07, 6.45) is 3.66. The summed E-state index contributed by atoms with van der Waals surface area (Å²) in [5.74, 6) is -0.808. The van der Waals surface area contributed by atoms with Gasteiger partial charge in [-0.05, 0) is 12.8 Å². The first-order chi connectivity index (χ1) is 7.19. The minimum atomic E-state index is -0.834. The molecule has 0 aromatic carbocycles. The van der Waals surface area contributed by atoms with Gasteiger partial charge in [0.05, 0.1) is 5.75 Å². The highest BCUT2D eigenvalue weighted by atomic mass is 32.2. The summed E-state index contributed by atoms with van der Waals surface area (Å²) in [6.45, 7) is 4.19. The number of hydrogen-bond acceptors (Lipinski definition) is 4. The van der Waals surface area contributed by atoms with E-state index in [2.05, 4.69) is 24.0 Å². The van der Waals surface area contributed by atoms with Gasteiger partial charge in [-0.15, -0.1) is 10.2 Å². The van der Waals surface area contributed by atoms with E-state index in [1.165, 1.54) is 11.8 Å². The average molecular weight is 229 g/mol. The summed E-state index contributed by atoms with van der Waals surface area (Å²) in [6, 6.07) is 0.358. The second kappa shape index (κ2) is 5.75. The first-order valence-electron chi connectivity index (χ1n) is 4.93. The molecule has 1 aromatic heterocycles. The average Bonchev–Trinajstić information content (AvgIpc) is 2.65. The van der Waals surface area contributed by atoms with Crippen LogP contribution in [0.4, 0.5) is 0 Å². The van der Waals surface area contributed by atoms with Crippen molar-refractivity contribution in [3.05, 3.63) is 6.33 Å². The third-order valence-electron chi connectivity index (χ3n) is 2.20. The van der Waals surface area contributed by atoms with Crippen LogP contribution in [0.3, 0.4) is 0 Å². The Morgan fingerprint density at radius 2 is 2.27 bits per heavy atom. The van der Waals surface area contributed by atoms with Crippen LogP contribution in [0.15, 0.2) is 11.5 Å². The lowest BCUT2D eigenvalue weighted by molar-refractivity contribution is -0.133. The Kier molecular flexibility index (Phi) is 4.61. The zero-order valence-electron chi connectivity index (χ0n) is 8.88. The van der Waals surface area contributed by atoms with Crippen LogP contribution in [-0.4, -0.2) is 31.6 Å². The molecular weight excluding hydrogens is 214 g/mol. The van der Waals surface area contributed by atoms with Crippen LogP contribution in [-0.2, 0) is 4.79 Å². The van der Waals surface area contributed by atoms with Crippen molar-refractivity contribution in [3.63, 3.8) is 0 Å². The fourth-order valence-corrected chi connectivity index (χ4v) is 2.10. The smallest absolute Gasteiger partial charge is 0.313 e. The maximum atomic E-state index is 10.4. The SMILES string of the molecule is CCC(CC)n1cnnc1SCC(=O)O. The van der Waals surface area contributed by atoms with Gasteiger partial charge < -0.3 is 9.67 Å². The van der Waals surface area contributed by atoms with Crippen molar-refractivity contribution in [1.29, 1.82) is 0 Å². The highest BCUT2D eigenvalue weighted by Gasteiger charge is 2.13. The molecule has 0 saturated heterocycles. The van der Waals surface area contributed by atoms with E-state index in [0.717, 1.165) is 12.8 Å². The van der Waals surface area contributed by atoms with Crippen LogP contribution in [0, 0.1) is 0 Å². The number of nitrogens with zero attached hydrogens (tertiary/aromatic N) is 3. The van der Waals surface area contributed by atoms with Crippen molar-refractivity contribution in [2.45, 2.75) is 37.9 Å². The Morgan fingerprint density at radius 1 is 1.60 bits per heavy atom. The molecule has 15 heavy (non-hydrogen) atoms. The van der Waals surface area contributed by atoms with Crippen LogP contribution in [0.5, 0.6) is 0 Å². The first kappa shape index (κ1) is 12.0. The van der Waals surface area contributed by atoms with Gasteiger partial charge in [0.15, 0.2) is 5.16 Å². The first-order valence-corrected chi connectivity index (χ1v) is 5.91. The van der Waals surface area contributed by atoms with E-state index in [9.17, 15) is 4.79 Å². The second-order valence-corrected chi connectivity index (χ2v) is 4.12. The van der Waals surface area contributed by atoms with Crippen LogP contribution in [0.1, 0.15) is 32.7 Å². The van der Waals surface area contributed by atoms with Crippen molar-refractivity contribution in [1.82, 2.24) is 14.8 Å². The van der Waals surface area contributed by atoms with Crippen molar-refractivity contribution in [2.24, 2.45) is 0 Å². The van der Waals surface area contributed by atoms with Crippen LogP contribution in [0.2, 0.25) is 0 Å². The summed E-state index contributed by atoms with van der Waals surface area (Å²) < 4.78 is 1.95. The summed E-state index contributed by atoms with van der Waals surface area (Å²) in [4.78, 5) is 10.4. The molecule has 0 aliphatic carbocycles. The molecule has 0 saturated carbocycles. The standard InChI is InChI=1S/C9H15N3O2S/c1-3-7(4-2)12-6-10-11-9(12)15-5-8(13)14/h6-7H,3-5H2,1-2H3,(H,13,14). The zero-order valence-corrected chi connectivity index (χ0v) is 9.70. The normalized spacial score (nSPS) is 10.9. The van der Waals surface area contributed by atoms with E-state index >= 15 is 0 Å². The summed E-state index contributed by atoms with van der Waals surface area (Å²) in [5, 5.41) is 17.0. The molecule has 0 spiro atoms. The van der Waals surface area contributed by atoms with Crippen molar-refractivity contribution < 1.29 is 9.90 Å². The lowest BCUT2D eigenvalue weighted by Crippen LogP contribution is -2.08. The molecule has 0 amide bonds. The number of thioether (sulfide) groups is 1. The van der Waals surface area contributed by atoms with Gasteiger partial charge in [0.1, 0.15) is 6.33 Å².